The van der Waals surface area contributed by atoms with Crippen molar-refractivity contribution in [2.75, 3.05) is 13.2 Å². The number of aromatic nitrogens is 1. The van der Waals surface area contributed by atoms with Crippen LogP contribution in [0.5, 0.6) is 0 Å². The molecule has 0 amide bonds. The summed E-state index contributed by atoms with van der Waals surface area (Å²) >= 11 is 0. The molecule has 0 aliphatic heterocycles. The van der Waals surface area contributed by atoms with Gasteiger partial charge in [-0.3, -0.25) is 4.98 Å². The molecule has 2 aromatic rings. The Kier molecular flexibility index (Phi) is 5.07. The predicted molar refractivity (Wildman–Crippen MR) is 76.9 cm³/mol. The molecule has 0 aliphatic carbocycles. The van der Waals surface area contributed by atoms with E-state index in [1.807, 2.05) is 30.3 Å². The van der Waals surface area contributed by atoms with Crippen molar-refractivity contribution >= 4 is 0 Å². The molecule has 3 nitrogen and oxygen atoms in total. The van der Waals surface area contributed by atoms with Crippen molar-refractivity contribution in [2.45, 2.75) is 19.4 Å². The summed E-state index contributed by atoms with van der Waals surface area (Å²) in [4.78, 5) is 4.28. The molecule has 1 heterocycles. The second-order valence-corrected chi connectivity index (χ2v) is 4.52. The Bertz CT molecular complexity index is 499. The zero-order valence-electron chi connectivity index (χ0n) is 11.3. The van der Waals surface area contributed by atoms with Gasteiger partial charge in [-0.05, 0) is 30.2 Å². The van der Waals surface area contributed by atoms with Crippen LogP contribution in [0.1, 0.15) is 22.9 Å². The van der Waals surface area contributed by atoms with E-state index in [0.717, 1.165) is 12.1 Å². The summed E-state index contributed by atoms with van der Waals surface area (Å²) in [6, 6.07) is 14.1. The number of pyridine rings is 1. The van der Waals surface area contributed by atoms with Crippen molar-refractivity contribution in [2.24, 2.45) is 5.73 Å². The second kappa shape index (κ2) is 7.02. The Balaban J connectivity index is 1.92. The van der Waals surface area contributed by atoms with Crippen LogP contribution in [0.2, 0.25) is 0 Å². The van der Waals surface area contributed by atoms with Crippen molar-refractivity contribution in [1.82, 2.24) is 4.98 Å². The fraction of sp³-hybridized carbons (Fsp3) is 0.312. The Labute approximate surface area is 114 Å². The van der Waals surface area contributed by atoms with E-state index >= 15 is 0 Å². The molecule has 1 atom stereocenters. The van der Waals surface area contributed by atoms with Gasteiger partial charge in [-0.2, -0.15) is 0 Å². The molecular weight excluding hydrogens is 236 g/mol. The number of benzene rings is 1. The average Bonchev–Trinajstić information content (AvgIpc) is 2.46. The van der Waals surface area contributed by atoms with Gasteiger partial charge in [-0.15, -0.1) is 0 Å². The van der Waals surface area contributed by atoms with Crippen LogP contribution in [0.15, 0.2) is 48.7 Å². The van der Waals surface area contributed by atoms with E-state index in [1.54, 1.807) is 6.20 Å². The topological polar surface area (TPSA) is 48.1 Å². The lowest BCUT2D eigenvalue weighted by molar-refractivity contribution is 0.0601. The largest absolute Gasteiger partial charge is 0.372 e. The highest BCUT2D eigenvalue weighted by molar-refractivity contribution is 5.28. The summed E-state index contributed by atoms with van der Waals surface area (Å²) in [6.07, 6.45) is 2.57. The number of hydrogen-bond acceptors (Lipinski definition) is 3. The first-order valence-corrected chi connectivity index (χ1v) is 6.58. The minimum Gasteiger partial charge on any atom is -0.372 e. The summed E-state index contributed by atoms with van der Waals surface area (Å²) in [5, 5.41) is 0. The van der Waals surface area contributed by atoms with Gasteiger partial charge in [0, 0.05) is 24.9 Å². The molecule has 0 saturated carbocycles. The highest BCUT2D eigenvalue weighted by atomic mass is 16.5. The van der Waals surface area contributed by atoms with Crippen LogP contribution in [0.25, 0.3) is 0 Å². The third-order valence-electron chi connectivity index (χ3n) is 3.15. The summed E-state index contributed by atoms with van der Waals surface area (Å²) in [5.74, 6) is 0. The summed E-state index contributed by atoms with van der Waals surface area (Å²) in [7, 11) is 0. The zero-order valence-corrected chi connectivity index (χ0v) is 11.3. The van der Waals surface area contributed by atoms with E-state index in [9.17, 15) is 0 Å². The molecule has 19 heavy (non-hydrogen) atoms. The highest BCUT2D eigenvalue weighted by Gasteiger charge is 2.11. The fourth-order valence-corrected chi connectivity index (χ4v) is 2.08. The van der Waals surface area contributed by atoms with Gasteiger partial charge in [-0.1, -0.05) is 30.3 Å². The number of ether oxygens (including phenoxy) is 1. The van der Waals surface area contributed by atoms with Crippen LogP contribution in [0.3, 0.4) is 0 Å². The van der Waals surface area contributed by atoms with Crippen LogP contribution in [0, 0.1) is 6.92 Å². The van der Waals surface area contributed by atoms with Gasteiger partial charge in [0.05, 0.1) is 12.7 Å². The van der Waals surface area contributed by atoms with E-state index in [2.05, 4.69) is 24.0 Å². The normalized spacial score (nSPS) is 12.3. The maximum atomic E-state index is 5.90. The van der Waals surface area contributed by atoms with Crippen LogP contribution >= 0.6 is 0 Å². The fourth-order valence-electron chi connectivity index (χ4n) is 2.08. The van der Waals surface area contributed by atoms with Gasteiger partial charge in [0.25, 0.3) is 0 Å². The van der Waals surface area contributed by atoms with Crippen molar-refractivity contribution in [1.29, 1.82) is 0 Å². The molecule has 0 aliphatic rings. The Morgan fingerprint density at radius 1 is 1.16 bits per heavy atom. The van der Waals surface area contributed by atoms with Gasteiger partial charge in [0.1, 0.15) is 0 Å². The minimum absolute atomic E-state index is 0.0371. The molecule has 1 aromatic heterocycles. The van der Waals surface area contributed by atoms with Crippen molar-refractivity contribution in [3.63, 3.8) is 0 Å². The van der Waals surface area contributed by atoms with Gasteiger partial charge < -0.3 is 10.5 Å². The monoisotopic (exact) mass is 256 g/mol. The van der Waals surface area contributed by atoms with Gasteiger partial charge in [0.2, 0.25) is 0 Å². The third kappa shape index (κ3) is 3.88. The molecule has 0 saturated heterocycles. The Morgan fingerprint density at radius 2 is 1.95 bits per heavy atom. The number of nitrogens with zero attached hydrogens (tertiary/aromatic N) is 1. The smallest absolute Gasteiger partial charge is 0.0949 e. The maximum absolute atomic E-state index is 5.90. The molecule has 2 rings (SSSR count). The lowest BCUT2D eigenvalue weighted by atomic mass is 10.0. The molecule has 0 spiro atoms. The van der Waals surface area contributed by atoms with Crippen molar-refractivity contribution in [3.05, 3.63) is 65.5 Å². The molecular formula is C16H20N2O. The molecule has 1 aromatic carbocycles. The Hall–Kier alpha value is -1.71. The molecule has 0 bridgehead atoms. The van der Waals surface area contributed by atoms with Gasteiger partial charge in [0.15, 0.2) is 0 Å². The lowest BCUT2D eigenvalue weighted by Gasteiger charge is -2.18. The Morgan fingerprint density at radius 3 is 2.63 bits per heavy atom. The summed E-state index contributed by atoms with van der Waals surface area (Å²) < 4.78 is 5.90. The molecule has 100 valence electrons. The van der Waals surface area contributed by atoms with Crippen molar-refractivity contribution in [3.8, 4) is 0 Å². The summed E-state index contributed by atoms with van der Waals surface area (Å²) in [6.45, 7) is 3.21. The third-order valence-corrected chi connectivity index (χ3v) is 3.15. The maximum Gasteiger partial charge on any atom is 0.0949 e. The van der Waals surface area contributed by atoms with Gasteiger partial charge in [-0.25, -0.2) is 0 Å². The molecule has 0 radical (unpaired) electrons. The number of nitrogens with two attached hydrogens (primary N) is 1. The van der Waals surface area contributed by atoms with E-state index in [1.165, 1.54) is 11.1 Å². The van der Waals surface area contributed by atoms with Crippen LogP contribution in [-0.2, 0) is 11.2 Å². The predicted octanol–water partition coefficient (Wildman–Crippen LogP) is 2.65. The highest BCUT2D eigenvalue weighted by Crippen LogP contribution is 2.20. The first kappa shape index (κ1) is 13.7. The number of hydrogen-bond donors (Lipinski definition) is 1. The standard InChI is InChI=1S/C16H20N2O/c1-13-6-2-3-8-15(13)16(12-17)19-11-9-14-7-4-5-10-18-14/h2-8,10,16H,9,11-12,17H2,1H3. The van der Waals surface area contributed by atoms with Crippen LogP contribution in [0.4, 0.5) is 0 Å². The van der Waals surface area contributed by atoms with Crippen LogP contribution in [-0.4, -0.2) is 18.1 Å². The molecule has 1 unspecified atom stereocenters. The first-order chi connectivity index (χ1) is 9.31. The van der Waals surface area contributed by atoms with Crippen molar-refractivity contribution < 1.29 is 4.74 Å². The summed E-state index contributed by atoms with van der Waals surface area (Å²) in [5.41, 5.74) is 9.25. The SMILES string of the molecule is Cc1ccccc1C(CN)OCCc1ccccn1. The van der Waals surface area contributed by atoms with E-state index in [0.29, 0.717) is 13.2 Å². The first-order valence-electron chi connectivity index (χ1n) is 6.58. The number of rotatable bonds is 6. The number of aryl methyl sites for hydroxylation is 1. The van der Waals surface area contributed by atoms with E-state index in [-0.39, 0.29) is 6.10 Å². The quantitative estimate of drug-likeness (QED) is 0.864. The van der Waals surface area contributed by atoms with E-state index in [4.69, 9.17) is 10.5 Å². The minimum atomic E-state index is -0.0371. The molecule has 3 heteroatoms. The second-order valence-electron chi connectivity index (χ2n) is 4.52. The van der Waals surface area contributed by atoms with Gasteiger partial charge >= 0.3 is 0 Å². The molecule has 2 N–H and O–H groups in total. The molecule has 0 fully saturated rings. The zero-order chi connectivity index (χ0) is 13.5. The lowest BCUT2D eigenvalue weighted by Crippen LogP contribution is -2.18. The average molecular weight is 256 g/mol. The van der Waals surface area contributed by atoms with E-state index < -0.39 is 0 Å². The van der Waals surface area contributed by atoms with Crippen LogP contribution < -0.4 is 5.73 Å².